The molecule has 0 fully saturated rings. The van der Waals surface area contributed by atoms with Crippen LogP contribution in [0, 0.1) is 0 Å². The molecule has 0 bridgehead atoms. The normalized spacial score (nSPS) is 23.9. The third kappa shape index (κ3) is 1.71. The summed E-state index contributed by atoms with van der Waals surface area (Å²) in [5, 5.41) is 10.1. The fourth-order valence-electron chi connectivity index (χ4n) is 2.78. The lowest BCUT2D eigenvalue weighted by molar-refractivity contribution is 0.167. The number of rotatable bonds is 0. The molecule has 16 heavy (non-hydrogen) atoms. The number of aliphatic hydroxyl groups is 1. The highest BCUT2D eigenvalue weighted by molar-refractivity contribution is 5.45. The van der Waals surface area contributed by atoms with Crippen molar-refractivity contribution in [3.63, 3.8) is 0 Å². The minimum Gasteiger partial charge on any atom is -0.493 e. The standard InChI is InChI=1S/C14H18O2/c15-13-6-3-7-16-14-9-11-5-2-1-4-10(11)8-12(13)14/h8-9,13,15H,1-7H2/t13-/m0/s1. The van der Waals surface area contributed by atoms with Gasteiger partial charge in [-0.25, -0.2) is 0 Å². The summed E-state index contributed by atoms with van der Waals surface area (Å²) in [7, 11) is 0. The summed E-state index contributed by atoms with van der Waals surface area (Å²) >= 11 is 0. The Hall–Kier alpha value is -1.02. The Morgan fingerprint density at radius 3 is 2.62 bits per heavy atom. The first-order valence-corrected chi connectivity index (χ1v) is 6.31. The maximum Gasteiger partial charge on any atom is 0.125 e. The quantitative estimate of drug-likeness (QED) is 0.725. The van der Waals surface area contributed by atoms with Crippen LogP contribution in [0.4, 0.5) is 0 Å². The van der Waals surface area contributed by atoms with E-state index in [9.17, 15) is 5.11 Å². The molecule has 0 aromatic heterocycles. The van der Waals surface area contributed by atoms with Crippen LogP contribution in [0.2, 0.25) is 0 Å². The smallest absolute Gasteiger partial charge is 0.125 e. The topological polar surface area (TPSA) is 29.5 Å². The van der Waals surface area contributed by atoms with Crippen molar-refractivity contribution in [3.05, 3.63) is 28.8 Å². The number of aryl methyl sites for hydroxylation is 2. The van der Waals surface area contributed by atoms with Gasteiger partial charge in [-0.2, -0.15) is 0 Å². The summed E-state index contributed by atoms with van der Waals surface area (Å²) in [6.45, 7) is 0.739. The van der Waals surface area contributed by atoms with Crippen molar-refractivity contribution in [2.45, 2.75) is 44.6 Å². The zero-order chi connectivity index (χ0) is 11.0. The van der Waals surface area contributed by atoms with Crippen LogP contribution in [0.5, 0.6) is 5.75 Å². The summed E-state index contributed by atoms with van der Waals surface area (Å²) in [6.07, 6.45) is 6.34. The molecular formula is C14H18O2. The van der Waals surface area contributed by atoms with Gasteiger partial charge in [0.15, 0.2) is 0 Å². The Labute approximate surface area is 96.2 Å². The average molecular weight is 218 g/mol. The van der Waals surface area contributed by atoms with Gasteiger partial charge in [-0.1, -0.05) is 0 Å². The minimum atomic E-state index is -0.329. The predicted octanol–water partition coefficient (Wildman–Crippen LogP) is 2.77. The molecule has 0 unspecified atom stereocenters. The van der Waals surface area contributed by atoms with Crippen LogP contribution in [0.1, 0.15) is 48.5 Å². The van der Waals surface area contributed by atoms with Gasteiger partial charge in [0.25, 0.3) is 0 Å². The van der Waals surface area contributed by atoms with E-state index in [1.807, 2.05) is 0 Å². The Kier molecular flexibility index (Phi) is 2.60. The van der Waals surface area contributed by atoms with Gasteiger partial charge in [0.2, 0.25) is 0 Å². The molecule has 0 saturated heterocycles. The second-order valence-electron chi connectivity index (χ2n) is 4.87. The van der Waals surface area contributed by atoms with E-state index < -0.39 is 0 Å². The van der Waals surface area contributed by atoms with E-state index in [2.05, 4.69) is 12.1 Å². The van der Waals surface area contributed by atoms with Crippen molar-refractivity contribution in [2.24, 2.45) is 0 Å². The third-order valence-electron chi connectivity index (χ3n) is 3.71. The molecule has 1 N–H and O–H groups in total. The molecule has 1 atom stereocenters. The molecule has 1 aromatic carbocycles. The van der Waals surface area contributed by atoms with Gasteiger partial charge in [0.05, 0.1) is 12.7 Å². The van der Waals surface area contributed by atoms with Gasteiger partial charge in [0.1, 0.15) is 5.75 Å². The van der Waals surface area contributed by atoms with Crippen molar-refractivity contribution < 1.29 is 9.84 Å². The van der Waals surface area contributed by atoms with Gasteiger partial charge in [-0.15, -0.1) is 0 Å². The van der Waals surface area contributed by atoms with E-state index >= 15 is 0 Å². The first-order valence-electron chi connectivity index (χ1n) is 6.31. The minimum absolute atomic E-state index is 0.329. The fraction of sp³-hybridized carbons (Fsp3) is 0.571. The van der Waals surface area contributed by atoms with E-state index in [0.717, 1.165) is 37.2 Å². The zero-order valence-electron chi connectivity index (χ0n) is 9.54. The number of fused-ring (bicyclic) bond motifs is 2. The second kappa shape index (κ2) is 4.10. The molecule has 2 nitrogen and oxygen atoms in total. The van der Waals surface area contributed by atoms with Gasteiger partial charge in [-0.3, -0.25) is 0 Å². The average Bonchev–Trinajstić information content (AvgIpc) is 2.49. The molecular weight excluding hydrogens is 200 g/mol. The zero-order valence-corrected chi connectivity index (χ0v) is 9.54. The lowest BCUT2D eigenvalue weighted by Gasteiger charge is -2.20. The van der Waals surface area contributed by atoms with Crippen LogP contribution < -0.4 is 4.74 Å². The number of aliphatic hydroxyl groups excluding tert-OH is 1. The van der Waals surface area contributed by atoms with Crippen LogP contribution in [-0.4, -0.2) is 11.7 Å². The Bertz CT molecular complexity index is 398. The van der Waals surface area contributed by atoms with Crippen molar-refractivity contribution in [1.29, 1.82) is 0 Å². The van der Waals surface area contributed by atoms with Gasteiger partial charge >= 0.3 is 0 Å². The second-order valence-corrected chi connectivity index (χ2v) is 4.87. The van der Waals surface area contributed by atoms with Crippen LogP contribution in [0.3, 0.4) is 0 Å². The maximum atomic E-state index is 10.1. The lowest BCUT2D eigenvalue weighted by atomic mass is 9.88. The molecule has 1 aliphatic carbocycles. The van der Waals surface area contributed by atoms with Gasteiger partial charge < -0.3 is 9.84 Å². The Balaban J connectivity index is 2.06. The highest BCUT2D eigenvalue weighted by Crippen LogP contribution is 2.36. The Morgan fingerprint density at radius 2 is 1.81 bits per heavy atom. The van der Waals surface area contributed by atoms with E-state index in [0.29, 0.717) is 0 Å². The summed E-state index contributed by atoms with van der Waals surface area (Å²) < 4.78 is 5.72. The van der Waals surface area contributed by atoms with Crippen LogP contribution in [0.15, 0.2) is 12.1 Å². The highest BCUT2D eigenvalue weighted by atomic mass is 16.5. The largest absolute Gasteiger partial charge is 0.493 e. The molecule has 2 heteroatoms. The molecule has 86 valence electrons. The third-order valence-corrected chi connectivity index (χ3v) is 3.71. The lowest BCUT2D eigenvalue weighted by Crippen LogP contribution is -2.06. The van der Waals surface area contributed by atoms with E-state index in [1.54, 1.807) is 0 Å². The number of hydrogen-bond donors (Lipinski definition) is 1. The number of benzene rings is 1. The monoisotopic (exact) mass is 218 g/mol. The van der Waals surface area contributed by atoms with Crippen LogP contribution in [-0.2, 0) is 12.8 Å². The first kappa shape index (κ1) is 10.2. The van der Waals surface area contributed by atoms with Crippen molar-refractivity contribution in [1.82, 2.24) is 0 Å². The summed E-state index contributed by atoms with van der Waals surface area (Å²) in [6, 6.07) is 4.35. The van der Waals surface area contributed by atoms with E-state index in [4.69, 9.17) is 4.74 Å². The summed E-state index contributed by atoms with van der Waals surface area (Å²) in [5.41, 5.74) is 3.87. The fourth-order valence-corrected chi connectivity index (χ4v) is 2.78. The van der Waals surface area contributed by atoms with Gasteiger partial charge in [0, 0.05) is 5.56 Å². The molecule has 2 aliphatic rings. The molecule has 0 saturated carbocycles. The number of hydrogen-bond acceptors (Lipinski definition) is 2. The van der Waals surface area contributed by atoms with E-state index in [1.165, 1.54) is 30.4 Å². The maximum absolute atomic E-state index is 10.1. The SMILES string of the molecule is O[C@H]1CCCOc2cc3c(cc21)CCCC3. The van der Waals surface area contributed by atoms with Crippen LogP contribution >= 0.6 is 0 Å². The molecule has 1 aromatic rings. The molecule has 0 spiro atoms. The molecule has 0 radical (unpaired) electrons. The predicted molar refractivity (Wildman–Crippen MR) is 62.8 cm³/mol. The van der Waals surface area contributed by atoms with Crippen molar-refractivity contribution >= 4 is 0 Å². The molecule has 3 rings (SSSR count). The molecule has 1 heterocycles. The summed E-state index contributed by atoms with van der Waals surface area (Å²) in [4.78, 5) is 0. The highest BCUT2D eigenvalue weighted by Gasteiger charge is 2.21. The first-order chi connectivity index (χ1) is 7.84. The molecule has 0 amide bonds. The Morgan fingerprint density at radius 1 is 1.06 bits per heavy atom. The van der Waals surface area contributed by atoms with Crippen LogP contribution in [0.25, 0.3) is 0 Å². The van der Waals surface area contributed by atoms with E-state index in [-0.39, 0.29) is 6.10 Å². The van der Waals surface area contributed by atoms with Gasteiger partial charge in [-0.05, 0) is 61.8 Å². The summed E-state index contributed by atoms with van der Waals surface area (Å²) in [5.74, 6) is 0.922. The van der Waals surface area contributed by atoms with Crippen molar-refractivity contribution in [2.75, 3.05) is 6.61 Å². The van der Waals surface area contributed by atoms with Crippen molar-refractivity contribution in [3.8, 4) is 5.75 Å². The number of ether oxygens (including phenoxy) is 1. The molecule has 1 aliphatic heterocycles.